The van der Waals surface area contributed by atoms with Gasteiger partial charge in [-0.05, 0) is 57.8 Å². The van der Waals surface area contributed by atoms with Crippen LogP contribution >= 0.6 is 0 Å². The fourth-order valence-electron chi connectivity index (χ4n) is 11.1. The van der Waals surface area contributed by atoms with Crippen LogP contribution in [-0.2, 0) is 14.3 Å². The lowest BCUT2D eigenvalue weighted by molar-refractivity contribution is -0.143. The van der Waals surface area contributed by atoms with Gasteiger partial charge in [-0.3, -0.25) is 9.59 Å². The summed E-state index contributed by atoms with van der Waals surface area (Å²) in [5, 5.41) is 23.3. The third-order valence-corrected chi connectivity index (χ3v) is 16.5. The Hall–Kier alpha value is -1.66. The van der Waals surface area contributed by atoms with Crippen LogP contribution < -0.4 is 5.32 Å². The summed E-state index contributed by atoms with van der Waals surface area (Å²) >= 11 is 0. The molecule has 0 aromatic carbocycles. The summed E-state index contributed by atoms with van der Waals surface area (Å²) in [5.74, 6) is -0.0583. The number of amides is 1. The van der Waals surface area contributed by atoms with Gasteiger partial charge in [0, 0.05) is 12.8 Å². The first-order chi connectivity index (χ1) is 38.0. The molecule has 0 aliphatic carbocycles. The van der Waals surface area contributed by atoms with E-state index in [4.69, 9.17) is 4.74 Å². The molecule has 0 rings (SSSR count). The SMILES string of the molecule is CCCCCCCC/C=C\CCCCCCCC(=O)OCCCCCCCCCCCCCCCCCCCCCCCCC(=O)NC(CO)C(O)/C=C/CCCCCCCCCCCCCCCCCCCCCCC. The molecule has 0 bridgehead atoms. The maximum atomic E-state index is 12.5. The predicted molar refractivity (Wildman–Crippen MR) is 338 cm³/mol. The number of aliphatic hydroxyl groups excluding tert-OH is 2. The molecule has 0 saturated heterocycles. The monoisotopic (exact) mass is 1080 g/mol. The molecule has 0 aliphatic rings. The maximum Gasteiger partial charge on any atom is 0.305 e. The molecule has 2 atom stereocenters. The van der Waals surface area contributed by atoms with E-state index in [0.29, 0.717) is 19.4 Å². The van der Waals surface area contributed by atoms with Gasteiger partial charge in [-0.1, -0.05) is 346 Å². The van der Waals surface area contributed by atoms with E-state index in [1.807, 2.05) is 6.08 Å². The van der Waals surface area contributed by atoms with Crippen molar-refractivity contribution in [2.75, 3.05) is 13.2 Å². The molecule has 0 spiro atoms. The van der Waals surface area contributed by atoms with E-state index >= 15 is 0 Å². The largest absolute Gasteiger partial charge is 0.466 e. The molecule has 1 amide bonds. The van der Waals surface area contributed by atoms with Gasteiger partial charge in [0.15, 0.2) is 0 Å². The van der Waals surface area contributed by atoms with Crippen molar-refractivity contribution in [3.05, 3.63) is 24.3 Å². The van der Waals surface area contributed by atoms with Crippen molar-refractivity contribution in [3.8, 4) is 0 Å². The summed E-state index contributed by atoms with van der Waals surface area (Å²) in [6.07, 6.45) is 83.9. The molecule has 456 valence electrons. The number of rotatable bonds is 66. The second-order valence-corrected chi connectivity index (χ2v) is 24.2. The standard InChI is InChI=1S/C71H137NO5/c1-3-5-7-9-11-13-15-17-19-20-21-22-23-26-29-32-36-39-43-47-51-55-59-63-69(74)68(67-73)72-70(75)64-60-56-52-48-44-40-37-33-30-27-24-25-28-31-34-38-42-46-50-54-58-62-66-77-71(76)65-61-57-53-49-45-41-35-18-16-14-12-10-8-6-4-2/h18,35,59,63,68-69,73-74H,3-17,19-34,36-58,60-62,64-67H2,1-2H3,(H,72,75)/b35-18-,63-59+. The van der Waals surface area contributed by atoms with Gasteiger partial charge in [-0.25, -0.2) is 0 Å². The number of hydrogen-bond acceptors (Lipinski definition) is 5. The number of carbonyl (C=O) groups excluding carboxylic acids is 2. The number of hydrogen-bond donors (Lipinski definition) is 3. The number of unbranched alkanes of at least 4 members (excludes halogenated alkanes) is 53. The van der Waals surface area contributed by atoms with Crippen molar-refractivity contribution in [2.45, 2.75) is 405 Å². The Balaban J connectivity index is 3.41. The topological polar surface area (TPSA) is 95.9 Å². The molecule has 0 aliphatic heterocycles. The third kappa shape index (κ3) is 63.4. The Morgan fingerprint density at radius 3 is 0.922 bits per heavy atom. The molecule has 0 radical (unpaired) electrons. The van der Waals surface area contributed by atoms with Crippen LogP contribution in [0.25, 0.3) is 0 Å². The number of ether oxygens (including phenoxy) is 1. The fraction of sp³-hybridized carbons (Fsp3) is 0.915. The minimum atomic E-state index is -0.846. The number of aliphatic hydroxyl groups is 2. The number of esters is 1. The second kappa shape index (κ2) is 66.8. The lowest BCUT2D eigenvalue weighted by Gasteiger charge is -2.20. The Morgan fingerprint density at radius 1 is 0.351 bits per heavy atom. The molecule has 77 heavy (non-hydrogen) atoms. The molecule has 2 unspecified atom stereocenters. The van der Waals surface area contributed by atoms with E-state index in [9.17, 15) is 19.8 Å². The minimum absolute atomic E-state index is 0.00566. The third-order valence-electron chi connectivity index (χ3n) is 16.5. The van der Waals surface area contributed by atoms with Gasteiger partial charge in [0.25, 0.3) is 0 Å². The van der Waals surface area contributed by atoms with Crippen LogP contribution in [0.3, 0.4) is 0 Å². The van der Waals surface area contributed by atoms with Crippen molar-refractivity contribution in [1.82, 2.24) is 5.32 Å². The van der Waals surface area contributed by atoms with Crippen LogP contribution in [0.15, 0.2) is 24.3 Å². The zero-order valence-corrected chi connectivity index (χ0v) is 52.2. The Bertz CT molecular complexity index is 1200. The smallest absolute Gasteiger partial charge is 0.305 e. The average molecular weight is 1080 g/mol. The summed E-state index contributed by atoms with van der Waals surface area (Å²) in [6.45, 7) is 4.93. The van der Waals surface area contributed by atoms with Gasteiger partial charge in [0.05, 0.1) is 25.4 Å². The molecular formula is C71H137NO5. The molecule has 0 aromatic rings. The molecular weight excluding hydrogens is 947 g/mol. The van der Waals surface area contributed by atoms with Gasteiger partial charge in [-0.2, -0.15) is 0 Å². The molecule has 3 N–H and O–H groups in total. The van der Waals surface area contributed by atoms with E-state index in [1.165, 1.54) is 321 Å². The highest BCUT2D eigenvalue weighted by molar-refractivity contribution is 5.76. The van der Waals surface area contributed by atoms with Crippen LogP contribution in [0.1, 0.15) is 393 Å². The second-order valence-electron chi connectivity index (χ2n) is 24.2. The van der Waals surface area contributed by atoms with Gasteiger partial charge in [0.2, 0.25) is 5.91 Å². The molecule has 0 saturated carbocycles. The van der Waals surface area contributed by atoms with Crippen LogP contribution in [-0.4, -0.2) is 47.4 Å². The minimum Gasteiger partial charge on any atom is -0.466 e. The van der Waals surface area contributed by atoms with Crippen LogP contribution in [0.4, 0.5) is 0 Å². The van der Waals surface area contributed by atoms with Crippen molar-refractivity contribution >= 4 is 11.9 Å². The molecule has 0 fully saturated rings. The number of nitrogens with one attached hydrogen (secondary N) is 1. The highest BCUT2D eigenvalue weighted by atomic mass is 16.5. The zero-order valence-electron chi connectivity index (χ0n) is 52.2. The summed E-state index contributed by atoms with van der Waals surface area (Å²) in [7, 11) is 0. The van der Waals surface area contributed by atoms with Crippen LogP contribution in [0.2, 0.25) is 0 Å². The molecule has 0 aromatic heterocycles. The fourth-order valence-corrected chi connectivity index (χ4v) is 11.1. The molecule has 6 heteroatoms. The van der Waals surface area contributed by atoms with Gasteiger partial charge in [0.1, 0.15) is 0 Å². The Labute approximate surface area is 481 Å². The van der Waals surface area contributed by atoms with Crippen molar-refractivity contribution < 1.29 is 24.5 Å². The first kappa shape index (κ1) is 75.3. The van der Waals surface area contributed by atoms with E-state index in [1.54, 1.807) is 6.08 Å². The van der Waals surface area contributed by atoms with E-state index in [2.05, 4.69) is 31.3 Å². The Morgan fingerprint density at radius 2 is 0.610 bits per heavy atom. The first-order valence-electron chi connectivity index (χ1n) is 35.1. The van der Waals surface area contributed by atoms with Crippen molar-refractivity contribution in [2.24, 2.45) is 0 Å². The zero-order chi connectivity index (χ0) is 55.7. The van der Waals surface area contributed by atoms with E-state index in [-0.39, 0.29) is 18.5 Å². The summed E-state index contributed by atoms with van der Waals surface area (Å²) in [6, 6.07) is -0.629. The van der Waals surface area contributed by atoms with E-state index < -0.39 is 12.1 Å². The predicted octanol–water partition coefficient (Wildman–Crippen LogP) is 22.5. The van der Waals surface area contributed by atoms with Crippen molar-refractivity contribution in [1.29, 1.82) is 0 Å². The van der Waals surface area contributed by atoms with Gasteiger partial charge in [-0.15, -0.1) is 0 Å². The highest BCUT2D eigenvalue weighted by Gasteiger charge is 2.18. The lowest BCUT2D eigenvalue weighted by Crippen LogP contribution is -2.45. The van der Waals surface area contributed by atoms with E-state index in [0.717, 1.165) is 44.9 Å². The first-order valence-corrected chi connectivity index (χ1v) is 35.1. The molecule has 6 nitrogen and oxygen atoms in total. The highest BCUT2D eigenvalue weighted by Crippen LogP contribution is 2.19. The maximum absolute atomic E-state index is 12.5. The summed E-state index contributed by atoms with van der Waals surface area (Å²) in [5.41, 5.74) is 0. The summed E-state index contributed by atoms with van der Waals surface area (Å²) in [4.78, 5) is 24.6. The van der Waals surface area contributed by atoms with Crippen LogP contribution in [0.5, 0.6) is 0 Å². The quantitative estimate of drug-likeness (QED) is 0.0320. The normalized spacial score (nSPS) is 12.6. The average Bonchev–Trinajstić information content (AvgIpc) is 3.43. The lowest BCUT2D eigenvalue weighted by atomic mass is 10.0. The van der Waals surface area contributed by atoms with Gasteiger partial charge < -0.3 is 20.3 Å². The van der Waals surface area contributed by atoms with Gasteiger partial charge >= 0.3 is 5.97 Å². The molecule has 0 heterocycles. The number of carbonyl (C=O) groups is 2. The Kier molecular flexibility index (Phi) is 65.4. The van der Waals surface area contributed by atoms with Crippen LogP contribution in [0, 0.1) is 0 Å². The summed E-state index contributed by atoms with van der Waals surface area (Å²) < 4.78 is 5.49. The number of allylic oxidation sites excluding steroid dienone is 3. The van der Waals surface area contributed by atoms with Crippen molar-refractivity contribution in [3.63, 3.8) is 0 Å².